The molecular weight excluding hydrogens is 355 g/mol. The second-order valence-electron chi connectivity index (χ2n) is 5.56. The molecule has 0 aliphatic rings. The molecule has 2 aromatic heterocycles. The van der Waals surface area contributed by atoms with Crippen LogP contribution in [0.3, 0.4) is 0 Å². The summed E-state index contributed by atoms with van der Waals surface area (Å²) < 4.78 is 16.2. The number of halogens is 1. The van der Waals surface area contributed by atoms with Crippen molar-refractivity contribution in [3.8, 4) is 11.4 Å². The second kappa shape index (κ2) is 6.68. The monoisotopic (exact) mass is 368 g/mol. The van der Waals surface area contributed by atoms with Gasteiger partial charge in [-0.1, -0.05) is 29.1 Å². The average molecular weight is 368 g/mol. The van der Waals surface area contributed by atoms with Crippen molar-refractivity contribution in [2.75, 3.05) is 0 Å². The van der Waals surface area contributed by atoms with Gasteiger partial charge in [-0.15, -0.1) is 15.3 Å². The molecule has 0 atom stereocenters. The van der Waals surface area contributed by atoms with E-state index in [0.717, 1.165) is 5.56 Å². The Balaban J connectivity index is 1.58. The van der Waals surface area contributed by atoms with Crippen LogP contribution in [0, 0.1) is 5.82 Å². The minimum absolute atomic E-state index is 0.205. The average Bonchev–Trinajstić information content (AvgIpc) is 3.03. The highest BCUT2D eigenvalue weighted by atomic mass is 32.2. The largest absolute Gasteiger partial charge is 0.305 e. The molecule has 4 aromatic rings. The summed E-state index contributed by atoms with van der Waals surface area (Å²) in [5.74, 6) is 0.565. The maximum atomic E-state index is 13.1. The molecule has 0 spiro atoms. The molecule has 0 amide bonds. The first-order valence-corrected chi connectivity index (χ1v) is 8.73. The fourth-order valence-electron chi connectivity index (χ4n) is 2.52. The van der Waals surface area contributed by atoms with Crippen LogP contribution in [0.5, 0.6) is 0 Å². The van der Waals surface area contributed by atoms with Crippen LogP contribution in [0.2, 0.25) is 0 Å². The molecule has 0 saturated heterocycles. The van der Waals surface area contributed by atoms with Gasteiger partial charge < -0.3 is 4.57 Å². The van der Waals surface area contributed by atoms with E-state index >= 15 is 0 Å². The predicted octanol–water partition coefficient (Wildman–Crippen LogP) is 2.48. The first-order valence-electron chi connectivity index (χ1n) is 7.74. The number of fused-ring (bicyclic) bond motifs is 1. The van der Waals surface area contributed by atoms with Gasteiger partial charge in [-0.25, -0.2) is 4.39 Å². The van der Waals surface area contributed by atoms with E-state index in [-0.39, 0.29) is 17.3 Å². The Bertz CT molecular complexity index is 1140. The quantitative estimate of drug-likeness (QED) is 0.515. The summed E-state index contributed by atoms with van der Waals surface area (Å²) in [5, 5.41) is 17.4. The van der Waals surface area contributed by atoms with E-state index in [2.05, 4.69) is 20.5 Å². The third-order valence-electron chi connectivity index (χ3n) is 3.88. The Labute approximate surface area is 151 Å². The zero-order valence-electron chi connectivity index (χ0n) is 13.7. The molecule has 0 radical (unpaired) electrons. The lowest BCUT2D eigenvalue weighted by Crippen LogP contribution is -2.23. The highest BCUT2D eigenvalue weighted by Crippen LogP contribution is 2.23. The number of hydrogen-bond acceptors (Lipinski definition) is 6. The first-order chi connectivity index (χ1) is 12.6. The Hall–Kier alpha value is -3.07. The lowest BCUT2D eigenvalue weighted by molar-refractivity contribution is 0.628. The van der Waals surface area contributed by atoms with E-state index in [9.17, 15) is 9.18 Å². The van der Waals surface area contributed by atoms with Crippen LogP contribution >= 0.6 is 11.8 Å². The van der Waals surface area contributed by atoms with Crippen LogP contribution < -0.4 is 5.56 Å². The van der Waals surface area contributed by atoms with Gasteiger partial charge in [0, 0.05) is 12.6 Å². The molecule has 0 fully saturated rings. The maximum Gasteiger partial charge on any atom is 0.278 e. The highest BCUT2D eigenvalue weighted by molar-refractivity contribution is 7.98. The lowest BCUT2D eigenvalue weighted by Gasteiger charge is -2.05. The van der Waals surface area contributed by atoms with Crippen LogP contribution in [0.25, 0.3) is 22.3 Å². The third-order valence-corrected chi connectivity index (χ3v) is 4.87. The summed E-state index contributed by atoms with van der Waals surface area (Å²) in [5.41, 5.74) is 1.12. The van der Waals surface area contributed by atoms with Gasteiger partial charge in [-0.05, 0) is 36.4 Å². The molecule has 2 heterocycles. The van der Waals surface area contributed by atoms with Gasteiger partial charge in [0.15, 0.2) is 11.0 Å². The summed E-state index contributed by atoms with van der Waals surface area (Å²) in [4.78, 5) is 12.5. The zero-order valence-corrected chi connectivity index (χ0v) is 14.5. The molecule has 26 heavy (non-hydrogen) atoms. The lowest BCUT2D eigenvalue weighted by atomic mass is 10.2. The fraction of sp³-hybridized carbons (Fsp3) is 0.118. The molecule has 0 unspecified atom stereocenters. The number of hydrogen-bond donors (Lipinski definition) is 0. The standard InChI is InChI=1S/C17H13FN6OS/c1-23-15(11-6-8-12(18)9-7-11)20-21-17(23)26-10-24-16(25)13-4-2-3-5-14(13)19-22-24/h2-9H,10H2,1H3. The summed E-state index contributed by atoms with van der Waals surface area (Å²) >= 11 is 1.32. The van der Waals surface area contributed by atoms with E-state index in [0.29, 0.717) is 21.9 Å². The predicted molar refractivity (Wildman–Crippen MR) is 96.1 cm³/mol. The number of benzene rings is 2. The van der Waals surface area contributed by atoms with Crippen LogP contribution in [0.4, 0.5) is 4.39 Å². The molecule has 0 bridgehead atoms. The van der Waals surface area contributed by atoms with E-state index in [1.54, 1.807) is 34.9 Å². The fourth-order valence-corrected chi connectivity index (χ4v) is 3.30. The van der Waals surface area contributed by atoms with Gasteiger partial charge in [0.2, 0.25) is 0 Å². The summed E-state index contributed by atoms with van der Waals surface area (Å²) in [6.45, 7) is 0. The topological polar surface area (TPSA) is 78.5 Å². The minimum Gasteiger partial charge on any atom is -0.305 e. The van der Waals surface area contributed by atoms with Crippen molar-refractivity contribution >= 4 is 22.7 Å². The Kier molecular flexibility index (Phi) is 4.21. The molecule has 7 nitrogen and oxygen atoms in total. The van der Waals surface area contributed by atoms with E-state index in [4.69, 9.17) is 0 Å². The molecule has 130 valence electrons. The number of thioether (sulfide) groups is 1. The third kappa shape index (κ3) is 2.97. The Morgan fingerprint density at radius 3 is 2.62 bits per heavy atom. The normalized spacial score (nSPS) is 11.2. The zero-order chi connectivity index (χ0) is 18.1. The Morgan fingerprint density at radius 2 is 1.81 bits per heavy atom. The van der Waals surface area contributed by atoms with Gasteiger partial charge in [-0.3, -0.25) is 4.79 Å². The Morgan fingerprint density at radius 1 is 1.04 bits per heavy atom. The number of aromatic nitrogens is 6. The van der Waals surface area contributed by atoms with Crippen LogP contribution in [0.15, 0.2) is 58.5 Å². The van der Waals surface area contributed by atoms with Gasteiger partial charge >= 0.3 is 0 Å². The summed E-state index contributed by atoms with van der Waals surface area (Å²) in [6, 6.07) is 13.1. The van der Waals surface area contributed by atoms with Crippen molar-refractivity contribution in [1.82, 2.24) is 29.8 Å². The molecular formula is C17H13FN6OS. The smallest absolute Gasteiger partial charge is 0.278 e. The minimum atomic E-state index is -0.306. The van der Waals surface area contributed by atoms with Crippen LogP contribution in [0.1, 0.15) is 0 Å². The van der Waals surface area contributed by atoms with Crippen molar-refractivity contribution in [3.05, 3.63) is 64.7 Å². The molecule has 0 aliphatic heterocycles. The second-order valence-corrected chi connectivity index (χ2v) is 6.47. The molecule has 4 rings (SSSR count). The number of rotatable bonds is 4. The molecule has 2 aromatic carbocycles. The highest BCUT2D eigenvalue weighted by Gasteiger charge is 2.13. The van der Waals surface area contributed by atoms with Gasteiger partial charge in [0.05, 0.1) is 11.3 Å². The molecule has 0 saturated carbocycles. The van der Waals surface area contributed by atoms with Crippen molar-refractivity contribution in [2.45, 2.75) is 11.0 Å². The molecule has 0 N–H and O–H groups in total. The van der Waals surface area contributed by atoms with Crippen molar-refractivity contribution in [2.24, 2.45) is 7.05 Å². The molecule has 9 heteroatoms. The van der Waals surface area contributed by atoms with Gasteiger partial charge in [-0.2, -0.15) is 4.68 Å². The first kappa shape index (κ1) is 16.4. The number of nitrogens with zero attached hydrogens (tertiary/aromatic N) is 6. The summed E-state index contributed by atoms with van der Waals surface area (Å²) in [6.07, 6.45) is 0. The van der Waals surface area contributed by atoms with Gasteiger partial charge in [0.1, 0.15) is 11.3 Å². The van der Waals surface area contributed by atoms with Crippen LogP contribution in [-0.2, 0) is 12.9 Å². The van der Waals surface area contributed by atoms with Gasteiger partial charge in [0.25, 0.3) is 5.56 Å². The van der Waals surface area contributed by atoms with Crippen molar-refractivity contribution in [1.29, 1.82) is 0 Å². The SMILES string of the molecule is Cn1c(SCn2nnc3ccccc3c2=O)nnc1-c1ccc(F)cc1. The van der Waals surface area contributed by atoms with E-state index in [1.807, 2.05) is 13.1 Å². The van der Waals surface area contributed by atoms with Crippen molar-refractivity contribution in [3.63, 3.8) is 0 Å². The van der Waals surface area contributed by atoms with Crippen LogP contribution in [-0.4, -0.2) is 29.8 Å². The summed E-state index contributed by atoms with van der Waals surface area (Å²) in [7, 11) is 1.82. The maximum absolute atomic E-state index is 13.1. The van der Waals surface area contributed by atoms with E-state index in [1.165, 1.54) is 28.6 Å². The van der Waals surface area contributed by atoms with E-state index < -0.39 is 0 Å². The van der Waals surface area contributed by atoms with Crippen molar-refractivity contribution < 1.29 is 4.39 Å². The molecule has 0 aliphatic carbocycles.